The third-order valence-electron chi connectivity index (χ3n) is 7.14. The Kier molecular flexibility index (Phi) is 6.91. The number of nitrogens with two attached hydrogens (primary N) is 1. The SMILES string of the molecule is CC[C@]1(O)[C@H](C)C[C@H](c2ccncc2CC(=O)c2nc(-c3c(F)cccc3F)ncc2N)C[C@@H]1O. The Labute approximate surface area is 202 Å². The van der Waals surface area contributed by atoms with E-state index < -0.39 is 34.7 Å². The van der Waals surface area contributed by atoms with Crippen LogP contribution in [-0.2, 0) is 6.42 Å². The van der Waals surface area contributed by atoms with Gasteiger partial charge in [0, 0.05) is 18.8 Å². The topological polar surface area (TPSA) is 122 Å². The van der Waals surface area contributed by atoms with Crippen molar-refractivity contribution in [3.63, 3.8) is 0 Å². The summed E-state index contributed by atoms with van der Waals surface area (Å²) in [4.78, 5) is 25.4. The number of hydrogen-bond acceptors (Lipinski definition) is 7. The lowest BCUT2D eigenvalue weighted by atomic mass is 9.66. The van der Waals surface area contributed by atoms with Crippen LogP contribution in [0, 0.1) is 17.6 Å². The maximum atomic E-state index is 14.2. The lowest BCUT2D eigenvalue weighted by molar-refractivity contribution is -0.138. The van der Waals surface area contributed by atoms with Crippen LogP contribution in [-0.4, -0.2) is 42.7 Å². The average molecular weight is 483 g/mol. The lowest BCUT2D eigenvalue weighted by Gasteiger charge is -2.45. The molecular weight excluding hydrogens is 454 g/mol. The zero-order chi connectivity index (χ0) is 25.3. The number of aromatic nitrogens is 3. The molecule has 4 N–H and O–H groups in total. The van der Waals surface area contributed by atoms with Gasteiger partial charge in [0.15, 0.2) is 11.6 Å². The van der Waals surface area contributed by atoms with Crippen LogP contribution in [0.15, 0.2) is 42.9 Å². The molecule has 35 heavy (non-hydrogen) atoms. The Bertz CT molecular complexity index is 1220. The molecule has 0 aliphatic heterocycles. The maximum absolute atomic E-state index is 14.2. The Morgan fingerprint density at radius 1 is 1.20 bits per heavy atom. The minimum Gasteiger partial charge on any atom is -0.396 e. The van der Waals surface area contributed by atoms with Crippen LogP contribution in [0.25, 0.3) is 11.4 Å². The predicted molar refractivity (Wildman–Crippen MR) is 126 cm³/mol. The number of halogens is 2. The second-order valence-electron chi connectivity index (χ2n) is 9.20. The molecule has 2 aromatic heterocycles. The summed E-state index contributed by atoms with van der Waals surface area (Å²) in [6.07, 6.45) is 4.82. The minimum atomic E-state index is -1.15. The number of rotatable bonds is 6. The summed E-state index contributed by atoms with van der Waals surface area (Å²) in [5.41, 5.74) is 5.73. The largest absolute Gasteiger partial charge is 0.396 e. The molecule has 2 heterocycles. The fourth-order valence-electron chi connectivity index (χ4n) is 5.05. The monoisotopic (exact) mass is 482 g/mol. The van der Waals surface area contributed by atoms with Gasteiger partial charge in [0.25, 0.3) is 0 Å². The van der Waals surface area contributed by atoms with Crippen molar-refractivity contribution in [3.8, 4) is 11.4 Å². The van der Waals surface area contributed by atoms with Crippen LogP contribution in [0.3, 0.4) is 0 Å². The van der Waals surface area contributed by atoms with Crippen LogP contribution in [0.1, 0.15) is 60.6 Å². The second-order valence-corrected chi connectivity index (χ2v) is 9.20. The minimum absolute atomic E-state index is 0.00402. The smallest absolute Gasteiger partial charge is 0.187 e. The number of nitrogens with zero attached hydrogens (tertiary/aromatic N) is 3. The van der Waals surface area contributed by atoms with Crippen LogP contribution in [0.5, 0.6) is 0 Å². The van der Waals surface area contributed by atoms with E-state index in [0.29, 0.717) is 24.8 Å². The van der Waals surface area contributed by atoms with Gasteiger partial charge in [-0.05, 0) is 60.4 Å². The number of hydrogen-bond donors (Lipinski definition) is 3. The number of Topliss-reactive ketones (excluding diaryl/α,β-unsaturated/α-hetero) is 1. The average Bonchev–Trinajstić information content (AvgIpc) is 2.83. The van der Waals surface area contributed by atoms with E-state index in [1.54, 1.807) is 12.4 Å². The molecule has 184 valence electrons. The molecule has 7 nitrogen and oxygen atoms in total. The summed E-state index contributed by atoms with van der Waals surface area (Å²) in [5.74, 6) is -2.64. The summed E-state index contributed by atoms with van der Waals surface area (Å²) >= 11 is 0. The van der Waals surface area contributed by atoms with E-state index in [4.69, 9.17) is 5.73 Å². The molecule has 1 aromatic carbocycles. The zero-order valence-electron chi connectivity index (χ0n) is 19.6. The van der Waals surface area contributed by atoms with Gasteiger partial charge in [-0.15, -0.1) is 0 Å². The van der Waals surface area contributed by atoms with Gasteiger partial charge in [0.05, 0.1) is 29.2 Å². The number of aliphatic hydroxyl groups excluding tert-OH is 1. The molecule has 0 bridgehead atoms. The number of ketones is 1. The third-order valence-corrected chi connectivity index (χ3v) is 7.14. The highest BCUT2D eigenvalue weighted by Gasteiger charge is 2.45. The Morgan fingerprint density at radius 2 is 1.91 bits per heavy atom. The molecule has 9 heteroatoms. The number of nitrogen functional groups attached to an aromatic ring is 1. The van der Waals surface area contributed by atoms with E-state index in [9.17, 15) is 23.8 Å². The molecule has 3 aromatic rings. The van der Waals surface area contributed by atoms with Gasteiger partial charge in [-0.2, -0.15) is 0 Å². The van der Waals surface area contributed by atoms with Crippen LogP contribution in [0.2, 0.25) is 0 Å². The first-order valence-corrected chi connectivity index (χ1v) is 11.6. The number of pyridine rings is 1. The number of carbonyl (C=O) groups excluding carboxylic acids is 1. The number of anilines is 1. The molecular formula is C26H28F2N4O3. The molecule has 0 amide bonds. The van der Waals surface area contributed by atoms with Crippen LogP contribution in [0.4, 0.5) is 14.5 Å². The van der Waals surface area contributed by atoms with Crippen LogP contribution < -0.4 is 5.73 Å². The number of aliphatic hydroxyl groups is 2. The van der Waals surface area contributed by atoms with E-state index in [1.165, 1.54) is 6.07 Å². The Balaban J connectivity index is 1.63. The van der Waals surface area contributed by atoms with Crippen molar-refractivity contribution >= 4 is 11.5 Å². The predicted octanol–water partition coefficient (Wildman–Crippen LogP) is 3.84. The van der Waals surface area contributed by atoms with Crippen molar-refractivity contribution in [1.29, 1.82) is 0 Å². The summed E-state index contributed by atoms with van der Waals surface area (Å²) in [6.45, 7) is 3.76. The Morgan fingerprint density at radius 3 is 2.57 bits per heavy atom. The van der Waals surface area contributed by atoms with Gasteiger partial charge >= 0.3 is 0 Å². The van der Waals surface area contributed by atoms with Gasteiger partial charge in [0.1, 0.15) is 17.3 Å². The van der Waals surface area contributed by atoms with Crippen molar-refractivity contribution in [2.24, 2.45) is 5.92 Å². The normalized spacial score (nSPS) is 24.3. The first kappa shape index (κ1) is 24.8. The van der Waals surface area contributed by atoms with Crippen LogP contribution >= 0.6 is 0 Å². The zero-order valence-corrected chi connectivity index (χ0v) is 19.6. The molecule has 0 unspecified atom stereocenters. The molecule has 1 saturated carbocycles. The Hall–Kier alpha value is -3.30. The van der Waals surface area contributed by atoms with E-state index in [0.717, 1.165) is 23.9 Å². The molecule has 1 aliphatic rings. The summed E-state index contributed by atoms with van der Waals surface area (Å²) in [7, 11) is 0. The lowest BCUT2D eigenvalue weighted by Crippen LogP contribution is -2.51. The van der Waals surface area contributed by atoms with Gasteiger partial charge in [-0.3, -0.25) is 9.78 Å². The van der Waals surface area contributed by atoms with Gasteiger partial charge in [0.2, 0.25) is 0 Å². The quantitative estimate of drug-likeness (QED) is 0.456. The fraction of sp³-hybridized carbons (Fsp3) is 0.385. The van der Waals surface area contributed by atoms with Gasteiger partial charge in [-0.1, -0.05) is 19.9 Å². The molecule has 1 fully saturated rings. The number of carbonyl (C=O) groups is 1. The standard InChI is InChI=1S/C26H28F2N4O3/c1-3-26(35)14(2)9-15(11-22(26)34)17-7-8-30-12-16(17)10-21(33)24-20(29)13-31-25(32-24)23-18(27)5-4-6-19(23)28/h4-8,12-15,22,34-35H,3,9-11,29H2,1-2H3/t14-,15+,22+,26+/m1/s1. The van der Waals surface area contributed by atoms with Crippen molar-refractivity contribution < 1.29 is 23.8 Å². The summed E-state index contributed by atoms with van der Waals surface area (Å²) in [5, 5.41) is 21.5. The third kappa shape index (κ3) is 4.66. The van der Waals surface area contributed by atoms with Crippen molar-refractivity contribution in [2.75, 3.05) is 5.73 Å². The van der Waals surface area contributed by atoms with Crippen molar-refractivity contribution in [1.82, 2.24) is 15.0 Å². The molecule has 4 atom stereocenters. The van der Waals surface area contributed by atoms with Gasteiger partial charge in [-0.25, -0.2) is 18.7 Å². The second kappa shape index (κ2) is 9.75. The summed E-state index contributed by atoms with van der Waals surface area (Å²) < 4.78 is 28.5. The van der Waals surface area contributed by atoms with Crippen molar-refractivity contribution in [2.45, 2.75) is 57.2 Å². The highest BCUT2D eigenvalue weighted by atomic mass is 19.1. The van der Waals surface area contributed by atoms with E-state index in [-0.39, 0.29) is 35.5 Å². The first-order valence-electron chi connectivity index (χ1n) is 11.6. The fourth-order valence-corrected chi connectivity index (χ4v) is 5.05. The highest BCUT2D eigenvalue weighted by Crippen LogP contribution is 2.44. The molecule has 0 saturated heterocycles. The molecule has 1 aliphatic carbocycles. The highest BCUT2D eigenvalue weighted by molar-refractivity contribution is 6.00. The van der Waals surface area contributed by atoms with E-state index >= 15 is 0 Å². The molecule has 0 spiro atoms. The molecule has 4 rings (SSSR count). The first-order chi connectivity index (χ1) is 16.7. The molecule has 0 radical (unpaired) electrons. The van der Waals surface area contributed by atoms with E-state index in [2.05, 4.69) is 15.0 Å². The van der Waals surface area contributed by atoms with E-state index in [1.807, 2.05) is 19.9 Å². The number of benzene rings is 1. The van der Waals surface area contributed by atoms with Crippen molar-refractivity contribution in [3.05, 3.63) is 71.3 Å². The summed E-state index contributed by atoms with van der Waals surface area (Å²) in [6, 6.07) is 5.21. The maximum Gasteiger partial charge on any atom is 0.187 e. The van der Waals surface area contributed by atoms with Gasteiger partial charge < -0.3 is 15.9 Å².